The molecule has 0 heterocycles. The van der Waals surface area contributed by atoms with Gasteiger partial charge in [-0.2, -0.15) is 0 Å². The normalized spacial score (nSPS) is 20.1. The first-order valence-corrected chi connectivity index (χ1v) is 7.39. The van der Waals surface area contributed by atoms with E-state index in [1.54, 1.807) is 0 Å². The van der Waals surface area contributed by atoms with E-state index in [4.69, 9.17) is 4.74 Å². The van der Waals surface area contributed by atoms with Crippen LogP contribution in [-0.4, -0.2) is 50.8 Å². The Morgan fingerprint density at radius 3 is 2.24 bits per heavy atom. The molecule has 2 fully saturated rings. The predicted molar refractivity (Wildman–Crippen MR) is 71.3 cm³/mol. The minimum Gasteiger partial charge on any atom is -0.380 e. The van der Waals surface area contributed by atoms with Crippen LogP contribution in [0.2, 0.25) is 0 Å². The van der Waals surface area contributed by atoms with Crippen molar-refractivity contribution < 1.29 is 4.74 Å². The van der Waals surface area contributed by atoms with Gasteiger partial charge in [0.15, 0.2) is 0 Å². The van der Waals surface area contributed by atoms with E-state index in [0.29, 0.717) is 0 Å². The van der Waals surface area contributed by atoms with Gasteiger partial charge in [0.2, 0.25) is 0 Å². The first-order valence-electron chi connectivity index (χ1n) is 7.39. The van der Waals surface area contributed by atoms with Gasteiger partial charge in [0.25, 0.3) is 0 Å². The van der Waals surface area contributed by atoms with Crippen molar-refractivity contribution in [2.75, 3.05) is 45.9 Å². The number of hydrogen-bond acceptors (Lipinski definition) is 3. The van der Waals surface area contributed by atoms with Gasteiger partial charge >= 0.3 is 0 Å². The molecule has 3 nitrogen and oxygen atoms in total. The lowest BCUT2D eigenvalue weighted by Crippen LogP contribution is -2.36. The summed E-state index contributed by atoms with van der Waals surface area (Å²) in [4.78, 5) is 2.68. The van der Waals surface area contributed by atoms with Crippen molar-refractivity contribution in [3.63, 3.8) is 0 Å². The summed E-state index contributed by atoms with van der Waals surface area (Å²) in [6.45, 7) is 9.76. The number of hydrogen-bond donors (Lipinski definition) is 1. The molecule has 2 saturated carbocycles. The van der Waals surface area contributed by atoms with E-state index >= 15 is 0 Å². The second kappa shape index (κ2) is 7.34. The monoisotopic (exact) mass is 240 g/mol. The van der Waals surface area contributed by atoms with E-state index in [1.807, 2.05) is 6.92 Å². The molecule has 0 aromatic rings. The average Bonchev–Trinajstić information content (AvgIpc) is 3.18. The number of nitrogens with one attached hydrogen (secondary N) is 1. The third-order valence-corrected chi connectivity index (χ3v) is 3.66. The molecule has 0 amide bonds. The Morgan fingerprint density at radius 2 is 1.71 bits per heavy atom. The van der Waals surface area contributed by atoms with Crippen molar-refractivity contribution >= 4 is 0 Å². The van der Waals surface area contributed by atoms with Gasteiger partial charge in [0.1, 0.15) is 0 Å². The second-order valence-corrected chi connectivity index (χ2v) is 5.59. The molecule has 2 aliphatic rings. The highest BCUT2D eigenvalue weighted by atomic mass is 16.5. The van der Waals surface area contributed by atoms with Gasteiger partial charge in [-0.3, -0.25) is 0 Å². The minimum absolute atomic E-state index is 0.831. The fraction of sp³-hybridized carbons (Fsp3) is 1.00. The van der Waals surface area contributed by atoms with Crippen molar-refractivity contribution in [3.8, 4) is 0 Å². The van der Waals surface area contributed by atoms with E-state index in [1.165, 1.54) is 45.3 Å². The molecule has 0 spiro atoms. The standard InChI is InChI=1S/C14H28N2O/c1-2-17-10-8-15-7-9-16(11-13-3-4-13)12-14-5-6-14/h13-15H,2-12H2,1H3. The highest BCUT2D eigenvalue weighted by molar-refractivity contribution is 4.82. The van der Waals surface area contributed by atoms with E-state index in [2.05, 4.69) is 10.2 Å². The maximum Gasteiger partial charge on any atom is 0.0590 e. The summed E-state index contributed by atoms with van der Waals surface area (Å²) >= 11 is 0. The molecule has 0 unspecified atom stereocenters. The molecule has 100 valence electrons. The summed E-state index contributed by atoms with van der Waals surface area (Å²) in [6, 6.07) is 0. The van der Waals surface area contributed by atoms with Crippen molar-refractivity contribution in [2.24, 2.45) is 11.8 Å². The molecule has 1 N–H and O–H groups in total. The molecule has 0 aliphatic heterocycles. The molecule has 3 heteroatoms. The van der Waals surface area contributed by atoms with Gasteiger partial charge < -0.3 is 15.0 Å². The van der Waals surface area contributed by atoms with Crippen LogP contribution in [0.1, 0.15) is 32.6 Å². The van der Waals surface area contributed by atoms with Gasteiger partial charge in [-0.05, 0) is 44.4 Å². The largest absolute Gasteiger partial charge is 0.380 e. The average molecular weight is 240 g/mol. The minimum atomic E-state index is 0.831. The van der Waals surface area contributed by atoms with Gasteiger partial charge in [-0.1, -0.05) is 0 Å². The molecule has 0 radical (unpaired) electrons. The lowest BCUT2D eigenvalue weighted by molar-refractivity contribution is 0.148. The first kappa shape index (κ1) is 13.3. The van der Waals surface area contributed by atoms with Crippen LogP contribution in [0.3, 0.4) is 0 Å². The Balaban J connectivity index is 1.49. The summed E-state index contributed by atoms with van der Waals surface area (Å²) in [7, 11) is 0. The maximum absolute atomic E-state index is 5.31. The topological polar surface area (TPSA) is 24.5 Å². The lowest BCUT2D eigenvalue weighted by atomic mass is 10.3. The molecule has 0 saturated heterocycles. The Morgan fingerprint density at radius 1 is 1.06 bits per heavy atom. The molecule has 2 aliphatic carbocycles. The smallest absolute Gasteiger partial charge is 0.0590 e. The Labute approximate surface area is 106 Å². The van der Waals surface area contributed by atoms with E-state index in [-0.39, 0.29) is 0 Å². The van der Waals surface area contributed by atoms with Gasteiger partial charge in [-0.25, -0.2) is 0 Å². The first-order chi connectivity index (χ1) is 8.38. The van der Waals surface area contributed by atoms with Crippen molar-refractivity contribution in [2.45, 2.75) is 32.6 Å². The molecule has 0 aromatic heterocycles. The van der Waals surface area contributed by atoms with Crippen LogP contribution >= 0.6 is 0 Å². The SMILES string of the molecule is CCOCCNCCN(CC1CC1)CC1CC1. The Hall–Kier alpha value is -0.120. The molecular weight excluding hydrogens is 212 g/mol. The summed E-state index contributed by atoms with van der Waals surface area (Å²) in [5.41, 5.74) is 0. The number of rotatable bonds is 11. The van der Waals surface area contributed by atoms with Gasteiger partial charge in [0, 0.05) is 39.3 Å². The lowest BCUT2D eigenvalue weighted by Gasteiger charge is -2.22. The quantitative estimate of drug-likeness (QED) is 0.557. The summed E-state index contributed by atoms with van der Waals surface area (Å²) in [5, 5.41) is 3.47. The van der Waals surface area contributed by atoms with Crippen LogP contribution in [0.25, 0.3) is 0 Å². The predicted octanol–water partition coefficient (Wildman–Crippen LogP) is 1.73. The third-order valence-electron chi connectivity index (χ3n) is 3.66. The van der Waals surface area contributed by atoms with Crippen molar-refractivity contribution in [1.82, 2.24) is 10.2 Å². The molecule has 17 heavy (non-hydrogen) atoms. The van der Waals surface area contributed by atoms with E-state index < -0.39 is 0 Å². The molecule has 2 rings (SSSR count). The number of ether oxygens (including phenoxy) is 1. The van der Waals surface area contributed by atoms with Gasteiger partial charge in [0.05, 0.1) is 6.61 Å². The van der Waals surface area contributed by atoms with E-state index in [0.717, 1.165) is 38.1 Å². The Kier molecular flexibility index (Phi) is 5.75. The highest BCUT2D eigenvalue weighted by Gasteiger charge is 2.28. The third kappa shape index (κ3) is 6.39. The van der Waals surface area contributed by atoms with Gasteiger partial charge in [-0.15, -0.1) is 0 Å². The van der Waals surface area contributed by atoms with Crippen LogP contribution in [0.4, 0.5) is 0 Å². The zero-order valence-corrected chi connectivity index (χ0v) is 11.3. The zero-order valence-electron chi connectivity index (χ0n) is 11.3. The highest BCUT2D eigenvalue weighted by Crippen LogP contribution is 2.33. The Bertz CT molecular complexity index is 188. The summed E-state index contributed by atoms with van der Waals surface area (Å²) < 4.78 is 5.31. The maximum atomic E-state index is 5.31. The fourth-order valence-electron chi connectivity index (χ4n) is 2.24. The fourth-order valence-corrected chi connectivity index (χ4v) is 2.24. The van der Waals surface area contributed by atoms with Crippen LogP contribution in [0.5, 0.6) is 0 Å². The van der Waals surface area contributed by atoms with Crippen molar-refractivity contribution in [1.29, 1.82) is 0 Å². The summed E-state index contributed by atoms with van der Waals surface area (Å²) in [6.07, 6.45) is 5.88. The molecule has 0 aromatic carbocycles. The number of nitrogens with zero attached hydrogens (tertiary/aromatic N) is 1. The molecule has 0 bridgehead atoms. The van der Waals surface area contributed by atoms with Crippen LogP contribution in [0.15, 0.2) is 0 Å². The van der Waals surface area contributed by atoms with Crippen molar-refractivity contribution in [3.05, 3.63) is 0 Å². The zero-order chi connectivity index (χ0) is 11.9. The van der Waals surface area contributed by atoms with Crippen LogP contribution < -0.4 is 5.32 Å². The van der Waals surface area contributed by atoms with Crippen LogP contribution in [-0.2, 0) is 4.74 Å². The molecular formula is C14H28N2O. The van der Waals surface area contributed by atoms with E-state index in [9.17, 15) is 0 Å². The van der Waals surface area contributed by atoms with Crippen LogP contribution in [0, 0.1) is 11.8 Å². The molecule has 0 atom stereocenters. The second-order valence-electron chi connectivity index (χ2n) is 5.59. The summed E-state index contributed by atoms with van der Waals surface area (Å²) in [5.74, 6) is 2.05.